The highest BCUT2D eigenvalue weighted by molar-refractivity contribution is 7.26. The predicted molar refractivity (Wildman–Crippen MR) is 99.4 cm³/mol. The maximum Gasteiger partial charge on any atom is 0.0894 e. The van der Waals surface area contributed by atoms with E-state index in [0.29, 0.717) is 5.92 Å². The van der Waals surface area contributed by atoms with Crippen LogP contribution in [-0.4, -0.2) is 4.98 Å². The molecule has 2 heterocycles. The standard InChI is InChI=1S/C20H25NS/c1-10(2)8-16-13(5)14(6)19-17(15(16)7)18-20(22-19)12(4)11(3)9-21-18/h9-10H,8H2,1-7H3. The summed E-state index contributed by atoms with van der Waals surface area (Å²) in [6.07, 6.45) is 3.18. The molecule has 0 amide bonds. The van der Waals surface area contributed by atoms with Crippen LogP contribution in [-0.2, 0) is 6.42 Å². The Balaban J connectivity index is 2.49. The number of hydrogen-bond donors (Lipinski definition) is 0. The van der Waals surface area contributed by atoms with Crippen LogP contribution < -0.4 is 0 Å². The molecule has 0 unspecified atom stereocenters. The van der Waals surface area contributed by atoms with Crippen molar-refractivity contribution >= 4 is 31.6 Å². The average molecular weight is 311 g/mol. The van der Waals surface area contributed by atoms with Crippen LogP contribution in [0.4, 0.5) is 0 Å². The van der Waals surface area contributed by atoms with Crippen LogP contribution in [0.3, 0.4) is 0 Å². The molecule has 0 aliphatic carbocycles. The van der Waals surface area contributed by atoms with Crippen molar-refractivity contribution in [1.82, 2.24) is 4.98 Å². The molecule has 3 rings (SSSR count). The third-order valence-electron chi connectivity index (χ3n) is 5.00. The molecule has 0 fully saturated rings. The van der Waals surface area contributed by atoms with E-state index in [1.54, 1.807) is 0 Å². The summed E-state index contributed by atoms with van der Waals surface area (Å²) in [5.41, 5.74) is 9.75. The first kappa shape index (κ1) is 15.5. The lowest BCUT2D eigenvalue weighted by Gasteiger charge is -2.16. The molecule has 0 aliphatic rings. The molecule has 0 saturated heterocycles. The van der Waals surface area contributed by atoms with Crippen molar-refractivity contribution in [2.45, 2.75) is 54.9 Å². The molecule has 0 N–H and O–H groups in total. The number of fused-ring (bicyclic) bond motifs is 3. The Morgan fingerprint density at radius 1 is 0.909 bits per heavy atom. The zero-order valence-corrected chi connectivity index (χ0v) is 15.5. The first-order valence-corrected chi connectivity index (χ1v) is 8.91. The molecule has 3 aromatic rings. The summed E-state index contributed by atoms with van der Waals surface area (Å²) in [6, 6.07) is 0. The second kappa shape index (κ2) is 5.34. The zero-order valence-electron chi connectivity index (χ0n) is 14.7. The molecule has 0 atom stereocenters. The van der Waals surface area contributed by atoms with Gasteiger partial charge in [0, 0.05) is 16.3 Å². The van der Waals surface area contributed by atoms with Gasteiger partial charge in [0.05, 0.1) is 10.2 Å². The van der Waals surface area contributed by atoms with Gasteiger partial charge >= 0.3 is 0 Å². The van der Waals surface area contributed by atoms with Gasteiger partial charge in [0.15, 0.2) is 0 Å². The predicted octanol–water partition coefficient (Wildman–Crippen LogP) is 6.19. The van der Waals surface area contributed by atoms with E-state index in [1.807, 2.05) is 17.5 Å². The van der Waals surface area contributed by atoms with Crippen LogP contribution in [0, 0.1) is 40.5 Å². The largest absolute Gasteiger partial charge is 0.254 e. The van der Waals surface area contributed by atoms with E-state index in [-0.39, 0.29) is 0 Å². The lowest BCUT2D eigenvalue weighted by atomic mass is 9.89. The molecular formula is C20H25NS. The van der Waals surface area contributed by atoms with Crippen LogP contribution in [0.1, 0.15) is 47.2 Å². The van der Waals surface area contributed by atoms with E-state index in [0.717, 1.165) is 6.42 Å². The summed E-state index contributed by atoms with van der Waals surface area (Å²) in [5.74, 6) is 0.677. The minimum absolute atomic E-state index is 0.677. The molecule has 1 nitrogen and oxygen atoms in total. The van der Waals surface area contributed by atoms with Gasteiger partial charge in [-0.3, -0.25) is 4.98 Å². The van der Waals surface area contributed by atoms with E-state index < -0.39 is 0 Å². The normalized spacial score (nSPS) is 12.0. The highest BCUT2D eigenvalue weighted by atomic mass is 32.1. The summed E-state index contributed by atoms with van der Waals surface area (Å²) >= 11 is 1.92. The summed E-state index contributed by atoms with van der Waals surface area (Å²) in [5, 5.41) is 1.39. The molecular weight excluding hydrogens is 286 g/mol. The Hall–Kier alpha value is -1.41. The van der Waals surface area contributed by atoms with Gasteiger partial charge in [0.2, 0.25) is 0 Å². The lowest BCUT2D eigenvalue weighted by molar-refractivity contribution is 0.643. The quantitative estimate of drug-likeness (QED) is 0.550. The SMILES string of the molecule is Cc1cnc2c(sc3c(C)c(C)c(CC(C)C)c(C)c32)c1C. The maximum atomic E-state index is 4.79. The molecule has 0 bridgehead atoms. The molecule has 0 aliphatic heterocycles. The van der Waals surface area contributed by atoms with Crippen molar-refractivity contribution in [1.29, 1.82) is 0 Å². The van der Waals surface area contributed by atoms with Crippen molar-refractivity contribution in [2.24, 2.45) is 5.92 Å². The number of pyridine rings is 1. The molecule has 2 aromatic heterocycles. The van der Waals surface area contributed by atoms with Crippen molar-refractivity contribution in [2.75, 3.05) is 0 Å². The fraction of sp³-hybridized carbons (Fsp3) is 0.450. The van der Waals surface area contributed by atoms with Gasteiger partial charge in [0.1, 0.15) is 0 Å². The van der Waals surface area contributed by atoms with Gasteiger partial charge in [-0.1, -0.05) is 13.8 Å². The average Bonchev–Trinajstić information content (AvgIpc) is 2.85. The molecule has 2 heteroatoms. The monoisotopic (exact) mass is 311 g/mol. The van der Waals surface area contributed by atoms with Gasteiger partial charge in [-0.2, -0.15) is 0 Å². The Morgan fingerprint density at radius 3 is 2.23 bits per heavy atom. The van der Waals surface area contributed by atoms with Crippen molar-refractivity contribution < 1.29 is 0 Å². The van der Waals surface area contributed by atoms with Crippen LogP contribution >= 0.6 is 11.3 Å². The Bertz CT molecular complexity index is 884. The van der Waals surface area contributed by atoms with E-state index in [9.17, 15) is 0 Å². The minimum atomic E-state index is 0.677. The van der Waals surface area contributed by atoms with E-state index in [2.05, 4.69) is 48.5 Å². The zero-order chi connectivity index (χ0) is 16.2. The third-order valence-corrected chi connectivity index (χ3v) is 6.42. The van der Waals surface area contributed by atoms with Crippen molar-refractivity contribution in [3.63, 3.8) is 0 Å². The minimum Gasteiger partial charge on any atom is -0.254 e. The van der Waals surface area contributed by atoms with Crippen molar-refractivity contribution in [3.8, 4) is 0 Å². The Morgan fingerprint density at radius 2 is 1.59 bits per heavy atom. The highest BCUT2D eigenvalue weighted by Gasteiger charge is 2.19. The molecule has 0 saturated carbocycles. The number of nitrogens with zero attached hydrogens (tertiary/aromatic N) is 1. The second-order valence-corrected chi connectivity index (χ2v) is 8.02. The summed E-state index contributed by atoms with van der Waals surface area (Å²) in [6.45, 7) is 15.8. The molecule has 1 aromatic carbocycles. The lowest BCUT2D eigenvalue weighted by Crippen LogP contribution is -2.02. The molecule has 22 heavy (non-hydrogen) atoms. The van der Waals surface area contributed by atoms with Crippen LogP contribution in [0.5, 0.6) is 0 Å². The first-order chi connectivity index (χ1) is 10.3. The van der Waals surface area contributed by atoms with Crippen molar-refractivity contribution in [3.05, 3.63) is 39.6 Å². The third kappa shape index (κ3) is 2.16. The van der Waals surface area contributed by atoms with E-state index in [4.69, 9.17) is 4.98 Å². The van der Waals surface area contributed by atoms with Gasteiger partial charge < -0.3 is 0 Å². The molecule has 0 spiro atoms. The fourth-order valence-corrected chi connectivity index (χ4v) is 4.82. The van der Waals surface area contributed by atoms with Gasteiger partial charge in [0.25, 0.3) is 0 Å². The maximum absolute atomic E-state index is 4.79. The van der Waals surface area contributed by atoms with Gasteiger partial charge in [-0.15, -0.1) is 11.3 Å². The van der Waals surface area contributed by atoms with Gasteiger partial charge in [-0.05, 0) is 80.3 Å². The smallest absolute Gasteiger partial charge is 0.0894 e. The molecule has 116 valence electrons. The number of hydrogen-bond acceptors (Lipinski definition) is 2. The highest BCUT2D eigenvalue weighted by Crippen LogP contribution is 2.41. The summed E-state index contributed by atoms with van der Waals surface area (Å²) < 4.78 is 2.79. The number of aromatic nitrogens is 1. The van der Waals surface area contributed by atoms with Crippen LogP contribution in [0.2, 0.25) is 0 Å². The summed E-state index contributed by atoms with van der Waals surface area (Å²) in [7, 11) is 0. The number of thiophene rings is 1. The Kier molecular flexibility index (Phi) is 3.76. The van der Waals surface area contributed by atoms with Crippen LogP contribution in [0.25, 0.3) is 20.3 Å². The Labute approximate surface area is 137 Å². The van der Waals surface area contributed by atoms with E-state index in [1.165, 1.54) is 53.7 Å². The number of rotatable bonds is 2. The number of aryl methyl sites for hydroxylation is 4. The topological polar surface area (TPSA) is 12.9 Å². The fourth-order valence-electron chi connectivity index (χ4n) is 3.39. The number of benzene rings is 1. The van der Waals surface area contributed by atoms with Gasteiger partial charge in [-0.25, -0.2) is 0 Å². The molecule has 0 radical (unpaired) electrons. The second-order valence-electron chi connectivity index (χ2n) is 7.00. The van der Waals surface area contributed by atoms with E-state index >= 15 is 0 Å². The summed E-state index contributed by atoms with van der Waals surface area (Å²) in [4.78, 5) is 4.79. The first-order valence-electron chi connectivity index (χ1n) is 8.10. The van der Waals surface area contributed by atoms with Crippen LogP contribution in [0.15, 0.2) is 6.20 Å².